The van der Waals surface area contributed by atoms with Gasteiger partial charge in [-0.15, -0.1) is 0 Å². The van der Waals surface area contributed by atoms with Crippen LogP contribution < -0.4 is 9.47 Å². The number of phenolic OH excluding ortho intramolecular Hbond substituents is 1. The first-order valence-electron chi connectivity index (χ1n) is 6.30. The van der Waals surface area contributed by atoms with Crippen molar-refractivity contribution in [3.8, 4) is 17.2 Å². The fourth-order valence-electron chi connectivity index (χ4n) is 1.77. The Morgan fingerprint density at radius 1 is 1.20 bits per heavy atom. The molecular formula is C15H20O5. The van der Waals surface area contributed by atoms with E-state index >= 15 is 0 Å². The van der Waals surface area contributed by atoms with Gasteiger partial charge in [0.1, 0.15) is 5.75 Å². The van der Waals surface area contributed by atoms with Crippen molar-refractivity contribution in [2.75, 3.05) is 21.3 Å². The number of methoxy groups -OCH3 is 3. The summed E-state index contributed by atoms with van der Waals surface area (Å²) in [5.41, 5.74) is 0.786. The molecule has 1 aromatic rings. The number of hydrogen-bond acceptors (Lipinski definition) is 5. The molecular weight excluding hydrogens is 260 g/mol. The van der Waals surface area contributed by atoms with Crippen molar-refractivity contribution < 1.29 is 24.1 Å². The topological polar surface area (TPSA) is 65.0 Å². The minimum Gasteiger partial charge on any atom is -0.508 e. The molecule has 0 fully saturated rings. The van der Waals surface area contributed by atoms with Crippen LogP contribution in [0.15, 0.2) is 24.3 Å². The molecule has 0 aromatic heterocycles. The molecule has 0 heterocycles. The lowest BCUT2D eigenvalue weighted by molar-refractivity contribution is -0.134. The number of aromatic hydroxyl groups is 1. The Morgan fingerprint density at radius 3 is 2.45 bits per heavy atom. The van der Waals surface area contributed by atoms with Gasteiger partial charge < -0.3 is 19.3 Å². The van der Waals surface area contributed by atoms with Crippen LogP contribution in [0.1, 0.15) is 18.4 Å². The van der Waals surface area contributed by atoms with Crippen LogP contribution in [0, 0.1) is 0 Å². The molecule has 20 heavy (non-hydrogen) atoms. The first kappa shape index (κ1) is 15.9. The van der Waals surface area contributed by atoms with Crippen LogP contribution in [0.25, 0.3) is 0 Å². The lowest BCUT2D eigenvalue weighted by Crippen LogP contribution is -1.95. The Labute approximate surface area is 118 Å². The third kappa shape index (κ3) is 4.50. The molecule has 0 saturated carbocycles. The highest BCUT2D eigenvalue weighted by Crippen LogP contribution is 2.34. The van der Waals surface area contributed by atoms with E-state index < -0.39 is 0 Å². The average molecular weight is 280 g/mol. The average Bonchev–Trinajstić information content (AvgIpc) is 2.47. The molecule has 0 aliphatic rings. The van der Waals surface area contributed by atoms with Gasteiger partial charge in [0.15, 0.2) is 11.5 Å². The summed E-state index contributed by atoms with van der Waals surface area (Å²) in [6, 6.07) is 3.30. The zero-order valence-electron chi connectivity index (χ0n) is 12.0. The van der Waals surface area contributed by atoms with Gasteiger partial charge in [-0.3, -0.25) is 0 Å². The van der Waals surface area contributed by atoms with Crippen LogP contribution >= 0.6 is 0 Å². The zero-order chi connectivity index (χ0) is 15.0. The SMILES string of the molecule is COC(=O)/C=C/CCCc1cc(OC)c(OC)cc1O. The number of carbonyl (C=O) groups excluding carboxylic acids is 1. The number of rotatable bonds is 7. The minimum atomic E-state index is -0.362. The van der Waals surface area contributed by atoms with Crippen molar-refractivity contribution in [1.29, 1.82) is 0 Å². The Hall–Kier alpha value is -2.17. The van der Waals surface area contributed by atoms with E-state index in [2.05, 4.69) is 4.74 Å². The molecule has 0 amide bonds. The highest BCUT2D eigenvalue weighted by molar-refractivity contribution is 5.81. The number of ether oxygens (including phenoxy) is 3. The van der Waals surface area contributed by atoms with Crippen molar-refractivity contribution in [2.45, 2.75) is 19.3 Å². The first-order chi connectivity index (χ1) is 9.62. The number of esters is 1. The van der Waals surface area contributed by atoms with Gasteiger partial charge in [0.2, 0.25) is 0 Å². The number of phenols is 1. The van der Waals surface area contributed by atoms with Crippen molar-refractivity contribution in [3.05, 3.63) is 29.8 Å². The minimum absolute atomic E-state index is 0.180. The number of carbonyl (C=O) groups is 1. The Balaban J connectivity index is 2.60. The van der Waals surface area contributed by atoms with Crippen molar-refractivity contribution in [2.24, 2.45) is 0 Å². The van der Waals surface area contributed by atoms with Gasteiger partial charge in [-0.05, 0) is 30.9 Å². The van der Waals surface area contributed by atoms with Gasteiger partial charge in [0.25, 0.3) is 0 Å². The van der Waals surface area contributed by atoms with Crippen LogP contribution in [-0.4, -0.2) is 32.4 Å². The highest BCUT2D eigenvalue weighted by atomic mass is 16.5. The van der Waals surface area contributed by atoms with E-state index in [1.54, 1.807) is 25.3 Å². The fourth-order valence-corrected chi connectivity index (χ4v) is 1.77. The van der Waals surface area contributed by atoms with E-state index in [1.165, 1.54) is 20.3 Å². The predicted molar refractivity (Wildman–Crippen MR) is 75.3 cm³/mol. The summed E-state index contributed by atoms with van der Waals surface area (Å²) in [7, 11) is 4.42. The molecule has 0 unspecified atom stereocenters. The third-order valence-corrected chi connectivity index (χ3v) is 2.86. The molecule has 0 spiro atoms. The summed E-state index contributed by atoms with van der Waals surface area (Å²) in [5.74, 6) is 0.906. The molecule has 0 bridgehead atoms. The number of unbranched alkanes of at least 4 members (excludes halogenated alkanes) is 1. The van der Waals surface area contributed by atoms with Crippen LogP contribution in [0.3, 0.4) is 0 Å². The van der Waals surface area contributed by atoms with Crippen LogP contribution in [0.4, 0.5) is 0 Å². The second-order valence-corrected chi connectivity index (χ2v) is 4.15. The molecule has 5 heteroatoms. The van der Waals surface area contributed by atoms with Crippen molar-refractivity contribution in [3.63, 3.8) is 0 Å². The van der Waals surface area contributed by atoms with E-state index in [1.807, 2.05) is 0 Å². The maximum atomic E-state index is 10.9. The lowest BCUT2D eigenvalue weighted by Gasteiger charge is -2.11. The molecule has 0 aliphatic carbocycles. The Bertz CT molecular complexity index is 479. The predicted octanol–water partition coefficient (Wildman–Crippen LogP) is 2.46. The number of benzene rings is 1. The molecule has 5 nitrogen and oxygen atoms in total. The van der Waals surface area contributed by atoms with Gasteiger partial charge in [-0.25, -0.2) is 4.79 Å². The quantitative estimate of drug-likeness (QED) is 0.472. The lowest BCUT2D eigenvalue weighted by atomic mass is 10.1. The molecule has 1 N–H and O–H groups in total. The molecule has 1 rings (SSSR count). The molecule has 0 radical (unpaired) electrons. The second kappa shape index (κ2) is 8.09. The summed E-state index contributed by atoms with van der Waals surface area (Å²) in [4.78, 5) is 10.9. The molecule has 0 aliphatic heterocycles. The van der Waals surface area contributed by atoms with E-state index in [4.69, 9.17) is 9.47 Å². The summed E-state index contributed by atoms with van der Waals surface area (Å²) in [6.45, 7) is 0. The summed E-state index contributed by atoms with van der Waals surface area (Å²) >= 11 is 0. The standard InChI is InChI=1S/C15H20O5/c1-18-13-9-11(12(16)10-14(13)19-2)7-5-4-6-8-15(17)20-3/h6,8-10,16H,4-5,7H2,1-3H3/b8-6+. The fraction of sp³-hybridized carbons (Fsp3) is 0.400. The first-order valence-corrected chi connectivity index (χ1v) is 6.30. The van der Waals surface area contributed by atoms with Gasteiger partial charge in [0, 0.05) is 12.1 Å². The van der Waals surface area contributed by atoms with Crippen LogP contribution in [0.2, 0.25) is 0 Å². The monoisotopic (exact) mass is 280 g/mol. The zero-order valence-corrected chi connectivity index (χ0v) is 12.0. The number of aryl methyl sites for hydroxylation is 1. The maximum Gasteiger partial charge on any atom is 0.330 e. The number of hydrogen-bond donors (Lipinski definition) is 1. The Morgan fingerprint density at radius 2 is 1.85 bits per heavy atom. The van der Waals surface area contributed by atoms with Gasteiger partial charge in [-0.2, -0.15) is 0 Å². The summed E-state index contributed by atoms with van der Waals surface area (Å²) < 4.78 is 14.8. The highest BCUT2D eigenvalue weighted by Gasteiger charge is 2.09. The van der Waals surface area contributed by atoms with Crippen molar-refractivity contribution in [1.82, 2.24) is 0 Å². The molecule has 0 saturated heterocycles. The molecule has 110 valence electrons. The summed E-state index contributed by atoms with van der Waals surface area (Å²) in [5, 5.41) is 9.90. The third-order valence-electron chi connectivity index (χ3n) is 2.86. The molecule has 1 aromatic carbocycles. The van der Waals surface area contributed by atoms with Crippen molar-refractivity contribution >= 4 is 5.97 Å². The van der Waals surface area contributed by atoms with Gasteiger partial charge in [-0.1, -0.05) is 6.08 Å². The second-order valence-electron chi connectivity index (χ2n) is 4.15. The van der Waals surface area contributed by atoms with Crippen LogP contribution in [0.5, 0.6) is 17.2 Å². The summed E-state index contributed by atoms with van der Waals surface area (Å²) in [6.07, 6.45) is 5.36. The van der Waals surface area contributed by atoms with E-state index in [-0.39, 0.29) is 11.7 Å². The van der Waals surface area contributed by atoms with Gasteiger partial charge in [0.05, 0.1) is 21.3 Å². The largest absolute Gasteiger partial charge is 0.508 e. The van der Waals surface area contributed by atoms with Crippen LogP contribution in [-0.2, 0) is 16.0 Å². The maximum absolute atomic E-state index is 10.9. The normalized spacial score (nSPS) is 10.6. The Kier molecular flexibility index (Phi) is 6.43. The van der Waals surface area contributed by atoms with E-state index in [9.17, 15) is 9.90 Å². The van der Waals surface area contributed by atoms with Gasteiger partial charge >= 0.3 is 5.97 Å². The number of allylic oxidation sites excluding steroid dienone is 1. The smallest absolute Gasteiger partial charge is 0.330 e. The van der Waals surface area contributed by atoms with E-state index in [0.717, 1.165) is 18.4 Å². The molecule has 0 atom stereocenters. The van der Waals surface area contributed by atoms with E-state index in [0.29, 0.717) is 17.9 Å².